The highest BCUT2D eigenvalue weighted by Crippen LogP contribution is 2.50. The number of benzene rings is 2. The van der Waals surface area contributed by atoms with E-state index >= 15 is 0 Å². The lowest BCUT2D eigenvalue weighted by atomic mass is 9.64. The summed E-state index contributed by atoms with van der Waals surface area (Å²) in [5.74, 6) is 0.192. The summed E-state index contributed by atoms with van der Waals surface area (Å²) in [4.78, 5) is 16.8. The van der Waals surface area contributed by atoms with E-state index in [0.717, 1.165) is 43.5 Å². The molecular formula is C31H42FN3O3Si. The topological polar surface area (TPSA) is 75.4 Å². The number of carbonyl (C=O) groups excluding carboxylic acids is 1. The van der Waals surface area contributed by atoms with Crippen molar-refractivity contribution in [3.63, 3.8) is 0 Å². The predicted octanol–water partition coefficient (Wildman–Crippen LogP) is 7.05. The van der Waals surface area contributed by atoms with Crippen molar-refractivity contribution in [3.8, 4) is 5.75 Å². The number of rotatable bonds is 6. The number of para-hydroxylation sites is 1. The van der Waals surface area contributed by atoms with E-state index in [0.29, 0.717) is 6.61 Å². The Labute approximate surface area is 232 Å². The number of methoxy groups -OCH3 is 1. The van der Waals surface area contributed by atoms with Crippen LogP contribution in [0.3, 0.4) is 0 Å². The number of halogens is 1. The molecule has 1 amide bonds. The third-order valence-electron chi connectivity index (χ3n) is 9.46. The molecule has 1 aromatic heterocycles. The predicted molar refractivity (Wildman–Crippen MR) is 157 cm³/mol. The van der Waals surface area contributed by atoms with E-state index in [1.165, 1.54) is 22.7 Å². The van der Waals surface area contributed by atoms with Gasteiger partial charge in [-0.2, -0.15) is 0 Å². The summed E-state index contributed by atoms with van der Waals surface area (Å²) in [6, 6.07) is 12.7. The van der Waals surface area contributed by atoms with Gasteiger partial charge in [0.2, 0.25) is 5.91 Å². The number of H-pyrrole nitrogens is 1. The van der Waals surface area contributed by atoms with Crippen LogP contribution in [0.4, 0.5) is 10.1 Å². The van der Waals surface area contributed by atoms with Crippen LogP contribution in [-0.2, 0) is 14.6 Å². The second-order valence-electron chi connectivity index (χ2n) is 12.9. The molecule has 0 radical (unpaired) electrons. The van der Waals surface area contributed by atoms with Crippen molar-refractivity contribution in [1.82, 2.24) is 10.3 Å². The Morgan fingerprint density at radius 1 is 1.15 bits per heavy atom. The Bertz CT molecular complexity index is 1350. The number of nitrogens with one attached hydrogen (secondary N) is 3. The van der Waals surface area contributed by atoms with Crippen LogP contribution in [0.2, 0.25) is 18.1 Å². The van der Waals surface area contributed by atoms with Gasteiger partial charge >= 0.3 is 0 Å². The molecule has 1 saturated carbocycles. The number of ether oxygens (including phenoxy) is 1. The third kappa shape index (κ3) is 5.26. The lowest BCUT2D eigenvalue weighted by Crippen LogP contribution is -2.50. The van der Waals surface area contributed by atoms with E-state index in [2.05, 4.69) is 61.6 Å². The maximum absolute atomic E-state index is 14.1. The first-order chi connectivity index (χ1) is 18.4. The Morgan fingerprint density at radius 3 is 2.54 bits per heavy atom. The van der Waals surface area contributed by atoms with Crippen LogP contribution >= 0.6 is 0 Å². The minimum atomic E-state index is -1.92. The molecule has 2 aliphatic rings. The molecule has 3 N–H and O–H groups in total. The number of aromatic amines is 1. The SMILES string of the molecule is COc1ccc2c3c([nH]c2c1)[C@H](CO[Si](C)(C)C(C)(C)C)NCC31CCC(C(=O)Nc2ccccc2F)CC1. The van der Waals surface area contributed by atoms with Crippen molar-refractivity contribution in [1.29, 1.82) is 0 Å². The summed E-state index contributed by atoms with van der Waals surface area (Å²) in [6.07, 6.45) is 3.29. The van der Waals surface area contributed by atoms with Gasteiger partial charge in [0.25, 0.3) is 0 Å². The lowest BCUT2D eigenvalue weighted by molar-refractivity contribution is -0.121. The normalized spacial score (nSPS) is 23.6. The van der Waals surface area contributed by atoms with E-state index < -0.39 is 14.1 Å². The number of aromatic nitrogens is 1. The summed E-state index contributed by atoms with van der Waals surface area (Å²) >= 11 is 0. The van der Waals surface area contributed by atoms with E-state index in [1.807, 2.05) is 6.07 Å². The first-order valence-corrected chi connectivity index (χ1v) is 17.0. The fraction of sp³-hybridized carbons (Fsp3) is 0.516. The molecule has 2 heterocycles. The van der Waals surface area contributed by atoms with Crippen molar-refractivity contribution in [3.05, 3.63) is 59.5 Å². The second-order valence-corrected chi connectivity index (χ2v) is 17.7. The molecule has 1 spiro atoms. The first kappa shape index (κ1) is 27.9. The average Bonchev–Trinajstić information content (AvgIpc) is 3.29. The molecule has 1 fully saturated rings. The number of amides is 1. The van der Waals surface area contributed by atoms with E-state index in [4.69, 9.17) is 9.16 Å². The Kier molecular flexibility index (Phi) is 7.41. The number of anilines is 1. The van der Waals surface area contributed by atoms with Crippen molar-refractivity contribution in [2.24, 2.45) is 5.92 Å². The molecule has 3 aromatic rings. The zero-order valence-corrected chi connectivity index (χ0v) is 25.0. The molecule has 210 valence electrons. The van der Waals surface area contributed by atoms with Gasteiger partial charge in [0.15, 0.2) is 8.32 Å². The smallest absolute Gasteiger partial charge is 0.227 e. The maximum atomic E-state index is 14.1. The molecule has 2 aromatic carbocycles. The van der Waals surface area contributed by atoms with Crippen molar-refractivity contribution in [2.75, 3.05) is 25.6 Å². The fourth-order valence-electron chi connectivity index (χ4n) is 5.97. The Balaban J connectivity index is 1.41. The van der Waals surface area contributed by atoms with Crippen LogP contribution in [0.1, 0.15) is 63.8 Å². The van der Waals surface area contributed by atoms with Gasteiger partial charge in [-0.25, -0.2) is 4.39 Å². The van der Waals surface area contributed by atoms with Gasteiger partial charge in [0, 0.05) is 40.5 Å². The summed E-state index contributed by atoms with van der Waals surface area (Å²) in [5.41, 5.74) is 3.79. The van der Waals surface area contributed by atoms with Crippen LogP contribution in [-0.4, -0.2) is 39.5 Å². The minimum Gasteiger partial charge on any atom is -0.497 e. The molecule has 5 rings (SSSR count). The summed E-state index contributed by atoms with van der Waals surface area (Å²) in [5, 5.41) is 8.00. The Morgan fingerprint density at radius 2 is 1.87 bits per heavy atom. The fourth-order valence-corrected chi connectivity index (χ4v) is 6.99. The van der Waals surface area contributed by atoms with Crippen LogP contribution in [0, 0.1) is 11.7 Å². The summed E-state index contributed by atoms with van der Waals surface area (Å²) in [6.45, 7) is 12.9. The molecule has 0 saturated heterocycles. The van der Waals surface area contributed by atoms with Gasteiger partial charge < -0.3 is 24.8 Å². The highest BCUT2D eigenvalue weighted by atomic mass is 28.4. The number of hydrogen-bond donors (Lipinski definition) is 3. The van der Waals surface area contributed by atoms with Gasteiger partial charge in [-0.15, -0.1) is 0 Å². The zero-order valence-electron chi connectivity index (χ0n) is 24.0. The quantitative estimate of drug-likeness (QED) is 0.287. The van der Waals surface area contributed by atoms with E-state index in [9.17, 15) is 9.18 Å². The number of fused-ring (bicyclic) bond motifs is 4. The van der Waals surface area contributed by atoms with Crippen molar-refractivity contribution >= 4 is 30.8 Å². The van der Waals surface area contributed by atoms with Crippen molar-refractivity contribution in [2.45, 2.75) is 76.0 Å². The summed E-state index contributed by atoms with van der Waals surface area (Å²) < 4.78 is 26.3. The van der Waals surface area contributed by atoms with Gasteiger partial charge in [-0.1, -0.05) is 32.9 Å². The van der Waals surface area contributed by atoms with Gasteiger partial charge in [0.1, 0.15) is 11.6 Å². The molecule has 1 aliphatic carbocycles. The molecular weight excluding hydrogens is 509 g/mol. The number of hydrogen-bond acceptors (Lipinski definition) is 4. The zero-order chi connectivity index (χ0) is 28.0. The average molecular weight is 552 g/mol. The monoisotopic (exact) mass is 551 g/mol. The molecule has 0 bridgehead atoms. The van der Waals surface area contributed by atoms with Gasteiger partial charge in [-0.3, -0.25) is 4.79 Å². The molecule has 0 unspecified atom stereocenters. The molecule has 39 heavy (non-hydrogen) atoms. The Hall–Kier alpha value is -2.68. The van der Waals surface area contributed by atoms with Crippen LogP contribution in [0.5, 0.6) is 5.75 Å². The van der Waals surface area contributed by atoms with E-state index in [1.54, 1.807) is 25.3 Å². The molecule has 6 nitrogen and oxygen atoms in total. The molecule has 1 atom stereocenters. The van der Waals surface area contributed by atoms with Crippen LogP contribution in [0.15, 0.2) is 42.5 Å². The third-order valence-corrected chi connectivity index (χ3v) is 14.0. The number of carbonyl (C=O) groups is 1. The first-order valence-electron chi connectivity index (χ1n) is 14.1. The highest BCUT2D eigenvalue weighted by Gasteiger charge is 2.46. The molecule has 8 heteroatoms. The maximum Gasteiger partial charge on any atom is 0.227 e. The van der Waals surface area contributed by atoms with Gasteiger partial charge in [0.05, 0.1) is 25.4 Å². The minimum absolute atomic E-state index is 0.0697. The standard InChI is InChI=1S/C31H42FN3O3Si/c1-30(2,3)39(5,6)38-18-26-28-27(22-12-11-21(37-4)17-25(22)34-28)31(19-33-26)15-13-20(14-16-31)29(36)35-24-10-8-7-9-23(24)32/h7-12,17,20,26,33-34H,13-16,18-19H2,1-6H3,(H,35,36)/t20?,26-,31?/m0/s1. The molecule has 1 aliphatic heterocycles. The van der Waals surface area contributed by atoms with Crippen molar-refractivity contribution < 1.29 is 18.3 Å². The summed E-state index contributed by atoms with van der Waals surface area (Å²) in [7, 11) is -0.224. The second kappa shape index (κ2) is 10.4. The largest absolute Gasteiger partial charge is 0.497 e. The highest BCUT2D eigenvalue weighted by molar-refractivity contribution is 6.74. The van der Waals surface area contributed by atoms with Gasteiger partial charge in [-0.05, 0) is 73.6 Å². The van der Waals surface area contributed by atoms with Crippen LogP contribution in [0.25, 0.3) is 10.9 Å². The van der Waals surface area contributed by atoms with Crippen LogP contribution < -0.4 is 15.4 Å². The lowest BCUT2D eigenvalue weighted by Gasteiger charge is -2.46. The van der Waals surface area contributed by atoms with E-state index in [-0.39, 0.29) is 34.0 Å².